The fraction of sp³-hybridized carbons (Fsp3) is 0.0357. The highest BCUT2D eigenvalue weighted by Gasteiger charge is 2.18. The van der Waals surface area contributed by atoms with Crippen molar-refractivity contribution < 1.29 is 9.59 Å². The fourth-order valence-corrected chi connectivity index (χ4v) is 7.19. The van der Waals surface area contributed by atoms with E-state index in [0.29, 0.717) is 0 Å². The average molecular weight is 749 g/mol. The Bertz CT molecular complexity index is 2350. The van der Waals surface area contributed by atoms with Crippen LogP contribution < -0.4 is 0 Å². The lowest BCUT2D eigenvalue weighted by atomic mass is 9.85. The molecule has 0 spiro atoms. The van der Waals surface area contributed by atoms with Gasteiger partial charge in [-0.05, 0) is 80.6 Å². The highest BCUT2D eigenvalue weighted by atomic mass is 16.1. The third kappa shape index (κ3) is 9.33. The molecule has 0 saturated heterocycles. The summed E-state index contributed by atoms with van der Waals surface area (Å²) in [7, 11) is 0. The second-order valence-corrected chi connectivity index (χ2v) is 14.0. The van der Waals surface area contributed by atoms with E-state index in [0.717, 1.165) is 66.8 Å². The van der Waals surface area contributed by atoms with Crippen LogP contribution in [-0.2, 0) is 0 Å². The number of ketones is 2. The van der Waals surface area contributed by atoms with Crippen molar-refractivity contribution in [3.8, 4) is 0 Å². The van der Waals surface area contributed by atoms with Gasteiger partial charge in [0.2, 0.25) is 0 Å². The van der Waals surface area contributed by atoms with Crippen molar-refractivity contribution in [1.82, 2.24) is 0 Å². The molecule has 8 aromatic carbocycles. The minimum atomic E-state index is 0.0770. The molecule has 8 aromatic rings. The van der Waals surface area contributed by atoms with Gasteiger partial charge >= 0.3 is 0 Å². The zero-order valence-corrected chi connectivity index (χ0v) is 32.8. The number of Topliss-reactive ketones (excluding diaryl/α,β-unsaturated/α-hetero) is 2. The summed E-state index contributed by atoms with van der Waals surface area (Å²) in [5, 5.41) is 0. The van der Waals surface area contributed by atoms with Crippen LogP contribution in [0.3, 0.4) is 0 Å². The fourth-order valence-electron chi connectivity index (χ4n) is 7.19. The summed E-state index contributed by atoms with van der Waals surface area (Å²) in [6, 6.07) is 78.6. The Labute approximate surface area is 342 Å². The number of carbonyl (C=O) groups excluding carboxylic acids is 2. The van der Waals surface area contributed by atoms with Crippen LogP contribution in [0.4, 0.5) is 0 Å². The quantitative estimate of drug-likeness (QED) is 0.103. The molecular formula is C56H44O2. The molecule has 0 unspecified atom stereocenters. The molecule has 0 N–H and O–H groups in total. The summed E-state index contributed by atoms with van der Waals surface area (Å²) >= 11 is 0. The van der Waals surface area contributed by atoms with Crippen molar-refractivity contribution in [2.45, 2.75) is 13.8 Å². The van der Waals surface area contributed by atoms with Crippen molar-refractivity contribution in [2.24, 2.45) is 0 Å². The van der Waals surface area contributed by atoms with Gasteiger partial charge in [-0.15, -0.1) is 0 Å². The minimum absolute atomic E-state index is 0.0770. The SMILES string of the molecule is CC(=O)c1ccc(C(=C(c2ccccc2)c2ccccc2)c2ccccc2)cc1.CC(=O)c1ccc(C(=C(c2ccccc2)c2ccccc2)c2ccccc2)cc1. The molecule has 0 aliphatic heterocycles. The second kappa shape index (κ2) is 18.9. The predicted octanol–water partition coefficient (Wildman–Crippen LogP) is 13.8. The number of rotatable bonds is 10. The maximum Gasteiger partial charge on any atom is 0.159 e. The standard InChI is InChI=1S/2C28H22O/c2*1-21(29)22-17-19-26(20-18-22)28(25-15-9-4-10-16-25)27(23-11-5-2-6-12-23)24-13-7-3-8-14-24/h2*2-20H,1H3. The minimum Gasteiger partial charge on any atom is -0.295 e. The molecule has 8 rings (SSSR count). The van der Waals surface area contributed by atoms with Crippen molar-refractivity contribution >= 4 is 33.9 Å². The van der Waals surface area contributed by atoms with Crippen molar-refractivity contribution in [3.63, 3.8) is 0 Å². The van der Waals surface area contributed by atoms with Gasteiger partial charge in [0, 0.05) is 11.1 Å². The van der Waals surface area contributed by atoms with Gasteiger partial charge in [0.05, 0.1) is 0 Å². The molecule has 0 bridgehead atoms. The van der Waals surface area contributed by atoms with Gasteiger partial charge in [-0.1, -0.05) is 231 Å². The molecule has 0 radical (unpaired) electrons. The second-order valence-electron chi connectivity index (χ2n) is 14.0. The van der Waals surface area contributed by atoms with Gasteiger partial charge in [-0.25, -0.2) is 0 Å². The zero-order chi connectivity index (χ0) is 40.1. The number of hydrogen-bond acceptors (Lipinski definition) is 2. The molecule has 0 aromatic heterocycles. The highest BCUT2D eigenvalue weighted by Crippen LogP contribution is 2.38. The van der Waals surface area contributed by atoms with E-state index in [4.69, 9.17) is 0 Å². The van der Waals surface area contributed by atoms with Gasteiger partial charge in [0.25, 0.3) is 0 Å². The van der Waals surface area contributed by atoms with Crippen LogP contribution >= 0.6 is 0 Å². The molecule has 0 amide bonds. The van der Waals surface area contributed by atoms with E-state index < -0.39 is 0 Å². The molecule has 280 valence electrons. The van der Waals surface area contributed by atoms with Crippen LogP contribution in [0, 0.1) is 0 Å². The Morgan fingerprint density at radius 2 is 0.345 bits per heavy atom. The third-order valence-electron chi connectivity index (χ3n) is 10.0. The van der Waals surface area contributed by atoms with E-state index in [1.54, 1.807) is 13.8 Å². The molecular weight excluding hydrogens is 705 g/mol. The maximum atomic E-state index is 11.8. The van der Waals surface area contributed by atoms with E-state index >= 15 is 0 Å². The first-order chi connectivity index (χ1) is 28.5. The highest BCUT2D eigenvalue weighted by molar-refractivity contribution is 6.06. The van der Waals surface area contributed by atoms with Crippen LogP contribution in [0.5, 0.6) is 0 Å². The van der Waals surface area contributed by atoms with Crippen LogP contribution in [0.2, 0.25) is 0 Å². The van der Waals surface area contributed by atoms with Crippen molar-refractivity contribution in [1.29, 1.82) is 0 Å². The molecule has 0 fully saturated rings. The molecule has 0 heterocycles. The molecule has 2 nitrogen and oxygen atoms in total. The first-order valence-electron chi connectivity index (χ1n) is 19.5. The van der Waals surface area contributed by atoms with E-state index in [-0.39, 0.29) is 11.6 Å². The van der Waals surface area contributed by atoms with E-state index in [1.165, 1.54) is 11.1 Å². The lowest BCUT2D eigenvalue weighted by molar-refractivity contribution is 0.100. The summed E-state index contributed by atoms with van der Waals surface area (Å²) in [4.78, 5) is 23.5. The third-order valence-corrected chi connectivity index (χ3v) is 10.0. The van der Waals surface area contributed by atoms with E-state index in [9.17, 15) is 9.59 Å². The summed E-state index contributed by atoms with van der Waals surface area (Å²) in [5.41, 5.74) is 15.2. The van der Waals surface area contributed by atoms with E-state index in [1.807, 2.05) is 84.9 Å². The summed E-state index contributed by atoms with van der Waals surface area (Å²) in [6.07, 6.45) is 0. The smallest absolute Gasteiger partial charge is 0.159 e. The van der Waals surface area contributed by atoms with Crippen LogP contribution in [-0.4, -0.2) is 11.6 Å². The van der Waals surface area contributed by atoms with Crippen molar-refractivity contribution in [3.05, 3.63) is 286 Å². The summed E-state index contributed by atoms with van der Waals surface area (Å²) in [6.45, 7) is 3.20. The van der Waals surface area contributed by atoms with Crippen LogP contribution in [0.25, 0.3) is 22.3 Å². The largest absolute Gasteiger partial charge is 0.295 e. The summed E-state index contributed by atoms with van der Waals surface area (Å²) in [5.74, 6) is 0.154. The molecule has 0 aliphatic rings. The molecule has 58 heavy (non-hydrogen) atoms. The van der Waals surface area contributed by atoms with Gasteiger partial charge in [-0.3, -0.25) is 9.59 Å². The Balaban J connectivity index is 0.000000177. The first kappa shape index (κ1) is 38.8. The number of hydrogen-bond donors (Lipinski definition) is 0. The van der Waals surface area contributed by atoms with Crippen LogP contribution in [0.1, 0.15) is 79.1 Å². The molecule has 0 saturated carbocycles. The number of benzene rings is 8. The lowest BCUT2D eigenvalue weighted by Gasteiger charge is -2.18. The molecule has 0 aliphatic carbocycles. The Kier molecular flexibility index (Phi) is 12.7. The van der Waals surface area contributed by atoms with Gasteiger partial charge < -0.3 is 0 Å². The Hall–Kier alpha value is -7.42. The Morgan fingerprint density at radius 1 is 0.207 bits per heavy atom. The van der Waals surface area contributed by atoms with Gasteiger partial charge in [0.15, 0.2) is 11.6 Å². The normalized spacial score (nSPS) is 10.4. The Morgan fingerprint density at radius 3 is 0.500 bits per heavy atom. The van der Waals surface area contributed by atoms with E-state index in [2.05, 4.69) is 146 Å². The average Bonchev–Trinajstić information content (AvgIpc) is 3.29. The monoisotopic (exact) mass is 748 g/mol. The zero-order valence-electron chi connectivity index (χ0n) is 32.8. The van der Waals surface area contributed by atoms with Crippen molar-refractivity contribution in [2.75, 3.05) is 0 Å². The van der Waals surface area contributed by atoms with Crippen LogP contribution in [0.15, 0.2) is 231 Å². The first-order valence-corrected chi connectivity index (χ1v) is 19.5. The molecule has 2 heteroatoms. The van der Waals surface area contributed by atoms with Gasteiger partial charge in [-0.2, -0.15) is 0 Å². The maximum absolute atomic E-state index is 11.8. The lowest BCUT2D eigenvalue weighted by Crippen LogP contribution is -1.98. The topological polar surface area (TPSA) is 34.1 Å². The predicted molar refractivity (Wildman–Crippen MR) is 242 cm³/mol. The summed E-state index contributed by atoms with van der Waals surface area (Å²) < 4.78 is 0. The number of carbonyl (C=O) groups is 2. The van der Waals surface area contributed by atoms with Gasteiger partial charge in [0.1, 0.15) is 0 Å². The molecule has 0 atom stereocenters.